The molecule has 8 nitrogen and oxygen atoms in total. The zero-order valence-corrected chi connectivity index (χ0v) is 19.6. The maximum absolute atomic E-state index is 12.9. The van der Waals surface area contributed by atoms with Crippen LogP contribution in [0.4, 0.5) is 5.13 Å². The number of thiazole rings is 1. The zero-order chi connectivity index (χ0) is 23.7. The Hall–Kier alpha value is -3.34. The Bertz CT molecular complexity index is 1510. The highest BCUT2D eigenvalue weighted by Gasteiger charge is 2.33. The molecule has 0 bridgehead atoms. The normalized spacial score (nSPS) is 17.0. The second kappa shape index (κ2) is 9.13. The Morgan fingerprint density at radius 1 is 1.12 bits per heavy atom. The summed E-state index contributed by atoms with van der Waals surface area (Å²) in [5.74, 6) is -0.787. The fourth-order valence-electron chi connectivity index (χ4n) is 4.02. The number of hydrogen-bond donors (Lipinski definition) is 1. The van der Waals surface area contributed by atoms with Crippen LogP contribution in [0.25, 0.3) is 22.2 Å². The minimum atomic E-state index is -3.66. The van der Waals surface area contributed by atoms with Crippen molar-refractivity contribution in [1.29, 1.82) is 0 Å². The van der Waals surface area contributed by atoms with Gasteiger partial charge in [0.2, 0.25) is 15.9 Å². The SMILES string of the molecule is O=C(Nc1nc(-c2cc3ccccc3oc2=O)cs1)C1CCCN(S(=O)(=O)c2ccccc2)C1. The second-order valence-corrected chi connectivity index (χ2v) is 10.8. The molecule has 1 fully saturated rings. The Kier molecular flexibility index (Phi) is 6.03. The van der Waals surface area contributed by atoms with Crippen molar-refractivity contribution in [2.24, 2.45) is 5.92 Å². The van der Waals surface area contributed by atoms with E-state index in [4.69, 9.17) is 4.42 Å². The summed E-state index contributed by atoms with van der Waals surface area (Å²) in [4.78, 5) is 29.9. The molecule has 0 spiro atoms. The zero-order valence-electron chi connectivity index (χ0n) is 18.0. The van der Waals surface area contributed by atoms with Crippen LogP contribution in [-0.2, 0) is 14.8 Å². The Labute approximate surface area is 199 Å². The minimum absolute atomic E-state index is 0.107. The molecule has 1 amide bonds. The molecule has 1 aliphatic heterocycles. The molecule has 1 unspecified atom stereocenters. The van der Waals surface area contributed by atoms with Crippen molar-refractivity contribution in [2.75, 3.05) is 18.4 Å². The number of hydrogen-bond acceptors (Lipinski definition) is 7. The molecule has 2 aromatic heterocycles. The molecular weight excluding hydrogens is 474 g/mol. The summed E-state index contributed by atoms with van der Waals surface area (Å²) < 4.78 is 32.6. The van der Waals surface area contributed by atoms with Gasteiger partial charge in [-0.25, -0.2) is 18.2 Å². The molecule has 4 aromatic rings. The molecule has 1 aliphatic rings. The third kappa shape index (κ3) is 4.39. The number of benzene rings is 2. The van der Waals surface area contributed by atoms with Gasteiger partial charge < -0.3 is 9.73 Å². The first-order chi connectivity index (χ1) is 16.4. The number of para-hydroxylation sites is 1. The molecule has 0 radical (unpaired) electrons. The highest BCUT2D eigenvalue weighted by Crippen LogP contribution is 2.28. The number of carbonyl (C=O) groups excluding carboxylic acids is 1. The van der Waals surface area contributed by atoms with Gasteiger partial charge in [0.15, 0.2) is 5.13 Å². The van der Waals surface area contributed by atoms with Gasteiger partial charge in [0.05, 0.1) is 22.1 Å². The van der Waals surface area contributed by atoms with E-state index in [-0.39, 0.29) is 17.3 Å². The smallest absolute Gasteiger partial charge is 0.345 e. The average Bonchev–Trinajstić information content (AvgIpc) is 3.32. The first kappa shape index (κ1) is 22.5. The number of rotatable bonds is 5. The van der Waals surface area contributed by atoms with Crippen molar-refractivity contribution in [3.05, 3.63) is 76.5 Å². The molecule has 0 saturated carbocycles. The summed E-state index contributed by atoms with van der Waals surface area (Å²) in [5, 5.41) is 5.59. The number of fused-ring (bicyclic) bond motifs is 1. The van der Waals surface area contributed by atoms with Crippen LogP contribution in [0.15, 0.2) is 80.2 Å². The number of aromatic nitrogens is 1. The summed E-state index contributed by atoms with van der Waals surface area (Å²) in [6.07, 6.45) is 1.17. The van der Waals surface area contributed by atoms with Crippen molar-refractivity contribution in [3.63, 3.8) is 0 Å². The van der Waals surface area contributed by atoms with Gasteiger partial charge in [-0.15, -0.1) is 11.3 Å². The number of amides is 1. The van der Waals surface area contributed by atoms with Gasteiger partial charge in [0, 0.05) is 23.9 Å². The van der Waals surface area contributed by atoms with E-state index in [0.717, 1.165) is 5.39 Å². The van der Waals surface area contributed by atoms with E-state index in [1.54, 1.807) is 53.9 Å². The van der Waals surface area contributed by atoms with E-state index in [1.165, 1.54) is 15.6 Å². The number of nitrogens with one attached hydrogen (secondary N) is 1. The monoisotopic (exact) mass is 495 g/mol. The molecule has 5 rings (SSSR count). The largest absolute Gasteiger partial charge is 0.422 e. The number of anilines is 1. The molecule has 174 valence electrons. The molecule has 1 atom stereocenters. The summed E-state index contributed by atoms with van der Waals surface area (Å²) in [6, 6.07) is 17.1. The Balaban J connectivity index is 1.31. The van der Waals surface area contributed by atoms with Crippen molar-refractivity contribution < 1.29 is 17.6 Å². The van der Waals surface area contributed by atoms with Gasteiger partial charge >= 0.3 is 5.63 Å². The van der Waals surface area contributed by atoms with Crippen LogP contribution < -0.4 is 10.9 Å². The lowest BCUT2D eigenvalue weighted by Gasteiger charge is -2.31. The van der Waals surface area contributed by atoms with E-state index in [1.807, 2.05) is 12.1 Å². The van der Waals surface area contributed by atoms with Crippen LogP contribution in [0.2, 0.25) is 0 Å². The number of piperidine rings is 1. The number of nitrogens with zero attached hydrogens (tertiary/aromatic N) is 2. The molecule has 34 heavy (non-hydrogen) atoms. The minimum Gasteiger partial charge on any atom is -0.422 e. The fourth-order valence-corrected chi connectivity index (χ4v) is 6.28. The Morgan fingerprint density at radius 2 is 1.88 bits per heavy atom. The number of carbonyl (C=O) groups is 1. The molecular formula is C24H21N3O5S2. The van der Waals surface area contributed by atoms with Gasteiger partial charge in [0.25, 0.3) is 0 Å². The van der Waals surface area contributed by atoms with Gasteiger partial charge in [-0.05, 0) is 37.1 Å². The number of sulfonamides is 1. The molecule has 3 heterocycles. The standard InChI is InChI=1S/C24H21N3O5S2/c28-22(17-8-6-12-27(14-17)34(30,31)18-9-2-1-3-10-18)26-24-25-20(15-33-24)19-13-16-7-4-5-11-21(16)32-23(19)29/h1-5,7,9-11,13,15,17H,6,8,12,14H2,(H,25,26,28). The van der Waals surface area contributed by atoms with E-state index >= 15 is 0 Å². The van der Waals surface area contributed by atoms with E-state index in [9.17, 15) is 18.0 Å². The molecule has 1 N–H and O–H groups in total. The van der Waals surface area contributed by atoms with Crippen molar-refractivity contribution in [3.8, 4) is 11.3 Å². The van der Waals surface area contributed by atoms with Gasteiger partial charge in [-0.2, -0.15) is 4.31 Å². The summed E-state index contributed by atoms with van der Waals surface area (Å²) >= 11 is 1.20. The lowest BCUT2D eigenvalue weighted by Crippen LogP contribution is -2.43. The molecule has 0 aliphatic carbocycles. The van der Waals surface area contributed by atoms with Crippen LogP contribution in [0.5, 0.6) is 0 Å². The predicted octanol–water partition coefficient (Wildman–Crippen LogP) is 3.96. The molecule has 2 aromatic carbocycles. The van der Waals surface area contributed by atoms with E-state index in [0.29, 0.717) is 41.4 Å². The van der Waals surface area contributed by atoms with E-state index in [2.05, 4.69) is 10.3 Å². The van der Waals surface area contributed by atoms with Crippen LogP contribution >= 0.6 is 11.3 Å². The first-order valence-electron chi connectivity index (χ1n) is 10.8. The average molecular weight is 496 g/mol. The van der Waals surface area contributed by atoms with Crippen LogP contribution in [0.1, 0.15) is 12.8 Å². The van der Waals surface area contributed by atoms with Crippen LogP contribution in [-0.4, -0.2) is 36.7 Å². The second-order valence-electron chi connectivity index (χ2n) is 8.03. The summed E-state index contributed by atoms with van der Waals surface area (Å²) in [6.45, 7) is 0.482. The maximum atomic E-state index is 12.9. The first-order valence-corrected chi connectivity index (χ1v) is 13.1. The van der Waals surface area contributed by atoms with Crippen molar-refractivity contribution in [1.82, 2.24) is 9.29 Å². The summed E-state index contributed by atoms with van der Waals surface area (Å²) in [5.41, 5.74) is 0.716. The third-order valence-electron chi connectivity index (χ3n) is 5.79. The van der Waals surface area contributed by atoms with Gasteiger partial charge in [-0.3, -0.25) is 4.79 Å². The lowest BCUT2D eigenvalue weighted by molar-refractivity contribution is -0.120. The predicted molar refractivity (Wildman–Crippen MR) is 130 cm³/mol. The van der Waals surface area contributed by atoms with E-state index < -0.39 is 21.6 Å². The molecule has 1 saturated heterocycles. The van der Waals surface area contributed by atoms with Crippen LogP contribution in [0, 0.1) is 5.92 Å². The van der Waals surface area contributed by atoms with Gasteiger partial charge in [0.1, 0.15) is 5.58 Å². The Morgan fingerprint density at radius 3 is 2.71 bits per heavy atom. The highest BCUT2D eigenvalue weighted by molar-refractivity contribution is 7.89. The fraction of sp³-hybridized carbons (Fsp3) is 0.208. The highest BCUT2D eigenvalue weighted by atomic mass is 32.2. The third-order valence-corrected chi connectivity index (χ3v) is 8.42. The summed E-state index contributed by atoms with van der Waals surface area (Å²) in [7, 11) is -3.66. The van der Waals surface area contributed by atoms with Gasteiger partial charge in [-0.1, -0.05) is 36.4 Å². The van der Waals surface area contributed by atoms with Crippen LogP contribution in [0.3, 0.4) is 0 Å². The van der Waals surface area contributed by atoms with Crippen molar-refractivity contribution >= 4 is 43.4 Å². The molecule has 10 heteroatoms. The van der Waals surface area contributed by atoms with Crippen molar-refractivity contribution in [2.45, 2.75) is 17.7 Å². The quantitative estimate of drug-likeness (QED) is 0.420. The lowest BCUT2D eigenvalue weighted by atomic mass is 9.99. The maximum Gasteiger partial charge on any atom is 0.345 e. The topological polar surface area (TPSA) is 110 Å².